The van der Waals surface area contributed by atoms with Gasteiger partial charge < -0.3 is 19.3 Å². The van der Waals surface area contributed by atoms with Crippen LogP contribution >= 0.6 is 0 Å². The molecule has 22 rings (SSSR count). The average molecular weight is 1440 g/mol. The smallest absolute Gasteiger partial charge is 0.247 e. The third kappa shape index (κ3) is 8.81. The van der Waals surface area contributed by atoms with Gasteiger partial charge in [-0.05, 0) is 213 Å². The molecular weight excluding hydrogens is 1350 g/mol. The van der Waals surface area contributed by atoms with Crippen LogP contribution in [0.15, 0.2) is 303 Å². The van der Waals surface area contributed by atoms with Crippen molar-refractivity contribution < 1.29 is 0 Å². The largest absolute Gasteiger partial charge is 0.313 e. The van der Waals surface area contributed by atoms with Gasteiger partial charge in [-0.2, -0.15) is 0 Å². The van der Waals surface area contributed by atoms with Crippen LogP contribution in [0.4, 0.5) is 51.2 Å². The van der Waals surface area contributed by atoms with Crippen LogP contribution in [0, 0.1) is 41.5 Å². The van der Waals surface area contributed by atoms with Gasteiger partial charge in [0.05, 0.1) is 56.0 Å². The minimum Gasteiger partial charge on any atom is -0.313 e. The molecule has 2 spiro atoms. The van der Waals surface area contributed by atoms with Crippen molar-refractivity contribution in [3.05, 3.63) is 392 Å². The lowest BCUT2D eigenvalue weighted by Gasteiger charge is -2.46. The molecule has 4 aliphatic heterocycles. The highest BCUT2D eigenvalue weighted by atomic mass is 15.2. The lowest BCUT2D eigenvalue weighted by atomic mass is 9.29. The minimum absolute atomic E-state index is 0.140. The summed E-state index contributed by atoms with van der Waals surface area (Å²) in [4.78, 5) is 8.03. The third-order valence-corrected chi connectivity index (χ3v) is 26.6. The molecule has 0 atom stereocenters. The van der Waals surface area contributed by atoms with Crippen LogP contribution in [-0.4, -0.2) is 18.0 Å². The first kappa shape index (κ1) is 66.6. The number of para-hydroxylation sites is 6. The van der Waals surface area contributed by atoms with E-state index in [2.05, 4.69) is 406 Å². The van der Waals surface area contributed by atoms with Gasteiger partial charge in [-0.3, -0.25) is 0 Å². The van der Waals surface area contributed by atoms with Crippen LogP contribution < -0.4 is 47.5 Å². The normalized spacial score (nSPS) is 14.7. The quantitative estimate of drug-likeness (QED) is 0.160. The molecule has 6 heteroatoms. The summed E-state index contributed by atoms with van der Waals surface area (Å²) in [5.74, 6) is 0. The number of hydrogen-bond acceptors (Lipinski definition) is 3. The van der Waals surface area contributed by atoms with Crippen LogP contribution in [0.2, 0.25) is 0 Å². The topological polar surface area (TPSA) is 14.7 Å². The van der Waals surface area contributed by atoms with Crippen molar-refractivity contribution in [2.45, 2.75) is 105 Å². The maximum atomic E-state index is 2.78. The summed E-state index contributed by atoms with van der Waals surface area (Å²) < 4.78 is 2.78. The summed E-state index contributed by atoms with van der Waals surface area (Å²) in [5, 5.41) is 2.35. The summed E-state index contributed by atoms with van der Waals surface area (Å²) in [6.07, 6.45) is 0. The Morgan fingerprint density at radius 1 is 0.259 bits per heavy atom. The zero-order valence-corrected chi connectivity index (χ0v) is 65.8. The highest BCUT2D eigenvalue weighted by Crippen LogP contribution is 2.67. The Morgan fingerprint density at radius 2 is 0.554 bits per heavy atom. The van der Waals surface area contributed by atoms with Crippen molar-refractivity contribution in [3.63, 3.8) is 0 Å². The number of fused-ring (bicyclic) bond motifs is 25. The van der Waals surface area contributed by atoms with E-state index >= 15 is 0 Å². The van der Waals surface area contributed by atoms with Crippen LogP contribution in [-0.2, 0) is 21.7 Å². The maximum Gasteiger partial charge on any atom is 0.247 e. The number of nitrogens with zero attached hydrogens (tertiary/aromatic N) is 4. The number of hydrogen-bond donors (Lipinski definition) is 0. The van der Waals surface area contributed by atoms with Crippen molar-refractivity contribution >= 4 is 119 Å². The van der Waals surface area contributed by atoms with Crippen molar-refractivity contribution in [1.29, 1.82) is 0 Å². The van der Waals surface area contributed by atoms with Crippen molar-refractivity contribution in [3.8, 4) is 27.9 Å². The summed E-state index contributed by atoms with van der Waals surface area (Å²) in [7, 11) is 0. The third-order valence-electron chi connectivity index (χ3n) is 26.6. The predicted molar refractivity (Wildman–Crippen MR) is 475 cm³/mol. The molecule has 0 radical (unpaired) electrons. The molecule has 0 fully saturated rings. The molecule has 0 amide bonds. The van der Waals surface area contributed by atoms with Gasteiger partial charge in [0, 0.05) is 33.5 Å². The molecular formula is C106H86B2N4. The Hall–Kier alpha value is -12.4. The van der Waals surface area contributed by atoms with E-state index < -0.39 is 10.8 Å². The Morgan fingerprint density at radius 3 is 0.875 bits per heavy atom. The van der Waals surface area contributed by atoms with Gasteiger partial charge in [0.1, 0.15) is 0 Å². The lowest BCUT2D eigenvalue weighted by molar-refractivity contribution is 0.590. The number of benzene rings is 15. The van der Waals surface area contributed by atoms with E-state index in [1.165, 1.54) is 172 Å². The van der Waals surface area contributed by atoms with Gasteiger partial charge in [-0.1, -0.05) is 329 Å². The first-order chi connectivity index (χ1) is 54.3. The van der Waals surface area contributed by atoms with Gasteiger partial charge in [0.2, 0.25) is 13.4 Å². The van der Waals surface area contributed by atoms with E-state index in [-0.39, 0.29) is 24.3 Å². The Balaban J connectivity index is 0.920. The standard InChI is InChI=1S/C106H86B2N4/c1-63-55-65(3)98(66(4)56-63)107-86-59-69(103(7,8)9)51-53-94(86)112-95-54-52-70(104(10,11)12)60-87(95)108(99-67(5)57-64(2)58-68(99)6)89-62-71(61-88(107)102(89)112)109-100-76(35-29-49-96(100)110-90-45-25-21-41-82(90)105(83-42-22-26-46-91(83)110)78-37-17-13-31-72(78)73-32-14-18-38-79(73)105)77-36-30-50-97(101(77)109)111-92-47-27-23-43-84(92)106(85-44-24-28-48-93(85)111)80-39-19-15-33-74(80)75-34-16-20-40-81(75)106/h13-62H,1-12H3. The molecule has 2 aliphatic carbocycles. The zero-order valence-electron chi connectivity index (χ0n) is 65.8. The summed E-state index contributed by atoms with van der Waals surface area (Å²) >= 11 is 0. The molecule has 0 N–H and O–H groups in total. The molecule has 4 nitrogen and oxygen atoms in total. The Kier molecular flexibility index (Phi) is 14.0. The minimum atomic E-state index is -0.612. The summed E-state index contributed by atoms with van der Waals surface area (Å²) in [6, 6.07) is 119. The van der Waals surface area contributed by atoms with Crippen LogP contribution in [0.3, 0.4) is 0 Å². The Bertz CT molecular complexity index is 6170. The molecule has 0 bridgehead atoms. The molecule has 0 saturated carbocycles. The lowest BCUT2D eigenvalue weighted by Crippen LogP contribution is -2.66. The number of anilines is 9. The number of aromatic nitrogens is 1. The molecule has 6 aliphatic rings. The monoisotopic (exact) mass is 1440 g/mol. The van der Waals surface area contributed by atoms with Crippen LogP contribution in [0.1, 0.15) is 131 Å². The highest BCUT2D eigenvalue weighted by molar-refractivity contribution is 7.02. The van der Waals surface area contributed by atoms with Crippen molar-refractivity contribution in [2.24, 2.45) is 0 Å². The summed E-state index contributed by atoms with van der Waals surface area (Å²) in [5.41, 5.74) is 46.2. The van der Waals surface area contributed by atoms with Gasteiger partial charge in [0.15, 0.2) is 0 Å². The van der Waals surface area contributed by atoms with Crippen LogP contribution in [0.5, 0.6) is 0 Å². The molecule has 15 aromatic carbocycles. The molecule has 0 saturated heterocycles. The molecule has 1 aromatic heterocycles. The van der Waals surface area contributed by atoms with E-state index in [4.69, 9.17) is 0 Å². The van der Waals surface area contributed by atoms with E-state index in [9.17, 15) is 0 Å². The van der Waals surface area contributed by atoms with E-state index in [1.807, 2.05) is 0 Å². The zero-order chi connectivity index (χ0) is 75.9. The predicted octanol–water partition coefficient (Wildman–Crippen LogP) is 22.7. The molecule has 536 valence electrons. The molecule has 5 heterocycles. The number of rotatable bonds is 5. The average Bonchev–Trinajstić information content (AvgIpc) is 1.57. The molecule has 0 unspecified atom stereocenters. The fourth-order valence-corrected chi connectivity index (χ4v) is 22.4. The van der Waals surface area contributed by atoms with Gasteiger partial charge in [0.25, 0.3) is 0 Å². The second-order valence-electron chi connectivity index (χ2n) is 35.0. The summed E-state index contributed by atoms with van der Waals surface area (Å²) in [6.45, 7) is 28.0. The fraction of sp³-hybridized carbons (Fsp3) is 0.151. The SMILES string of the molecule is Cc1cc(C)c(B2c3cc(C(C)(C)C)ccc3N3c4ccc(C(C)(C)C)cc4B(c4c(C)cc(C)cc4C)c4cc(-n5c6c(N7c8ccccc8C8(c9ccccc9-c9ccccc98)c8ccccc87)cccc6c6cccc(N7c8ccccc8C8(c9ccccc9-c9ccccc98)c8ccccc87)c65)cc2c43)c(C)c1. The van der Waals surface area contributed by atoms with E-state index in [0.29, 0.717) is 0 Å². The van der Waals surface area contributed by atoms with Gasteiger partial charge in [-0.25, -0.2) is 0 Å². The van der Waals surface area contributed by atoms with E-state index in [1.54, 1.807) is 0 Å². The highest BCUT2D eigenvalue weighted by Gasteiger charge is 2.55. The van der Waals surface area contributed by atoms with Crippen LogP contribution in [0.25, 0.3) is 49.7 Å². The first-order valence-corrected chi connectivity index (χ1v) is 40.2. The maximum absolute atomic E-state index is 2.78. The second kappa shape index (κ2) is 23.6. The van der Waals surface area contributed by atoms with Gasteiger partial charge in [-0.15, -0.1) is 0 Å². The number of aryl methyl sites for hydroxylation is 6. The fourth-order valence-electron chi connectivity index (χ4n) is 22.4. The van der Waals surface area contributed by atoms with Gasteiger partial charge >= 0.3 is 0 Å². The Labute approximate surface area is 659 Å². The molecule has 16 aromatic rings. The van der Waals surface area contributed by atoms with Crippen molar-refractivity contribution in [1.82, 2.24) is 4.57 Å². The second-order valence-corrected chi connectivity index (χ2v) is 35.0. The first-order valence-electron chi connectivity index (χ1n) is 40.2. The van der Waals surface area contributed by atoms with Crippen molar-refractivity contribution in [2.75, 3.05) is 14.7 Å². The van der Waals surface area contributed by atoms with E-state index in [0.717, 1.165) is 50.8 Å². The molecule has 112 heavy (non-hydrogen) atoms.